The summed E-state index contributed by atoms with van der Waals surface area (Å²) in [5.74, 6) is 5.39. The number of aromatic hydroxyl groups is 1. The van der Waals surface area contributed by atoms with Crippen molar-refractivity contribution < 1.29 is 19.4 Å². The molecule has 0 bridgehead atoms. The van der Waals surface area contributed by atoms with Crippen molar-refractivity contribution in [1.29, 1.82) is 0 Å². The monoisotopic (exact) mass is 588 g/mol. The average Bonchev–Trinajstić information content (AvgIpc) is 3.34. The minimum Gasteiger partial charge on any atom is -0.504 e. The zero-order chi connectivity index (χ0) is 30.9. The summed E-state index contributed by atoms with van der Waals surface area (Å²) in [5.41, 5.74) is 3.01. The van der Waals surface area contributed by atoms with Gasteiger partial charge in [0, 0.05) is 12.5 Å². The van der Waals surface area contributed by atoms with Gasteiger partial charge in [0.1, 0.15) is 6.10 Å². The summed E-state index contributed by atoms with van der Waals surface area (Å²) in [6.07, 6.45) is 21.6. The molecule has 4 nitrogen and oxygen atoms in total. The summed E-state index contributed by atoms with van der Waals surface area (Å²) in [4.78, 5) is 12.7. The van der Waals surface area contributed by atoms with Gasteiger partial charge in [0.2, 0.25) is 0 Å². The van der Waals surface area contributed by atoms with Crippen LogP contribution in [0.2, 0.25) is 0 Å². The summed E-state index contributed by atoms with van der Waals surface area (Å²) in [5, 5.41) is 9.82. The van der Waals surface area contributed by atoms with Gasteiger partial charge in [-0.3, -0.25) is 0 Å². The van der Waals surface area contributed by atoms with Crippen LogP contribution in [0.1, 0.15) is 105 Å². The first kappa shape index (κ1) is 31.9. The van der Waals surface area contributed by atoms with Gasteiger partial charge in [-0.1, -0.05) is 71.4 Å². The summed E-state index contributed by atoms with van der Waals surface area (Å²) in [6.45, 7) is 14.7. The van der Waals surface area contributed by atoms with Crippen LogP contribution in [-0.2, 0) is 9.53 Å². The lowest BCUT2D eigenvalue weighted by Gasteiger charge is -2.58. The van der Waals surface area contributed by atoms with Crippen LogP contribution >= 0.6 is 0 Å². The normalized spacial score (nSPS) is 35.3. The van der Waals surface area contributed by atoms with Gasteiger partial charge < -0.3 is 14.6 Å². The third kappa shape index (κ3) is 6.22. The van der Waals surface area contributed by atoms with Crippen LogP contribution < -0.4 is 4.74 Å². The second kappa shape index (κ2) is 12.9. The van der Waals surface area contributed by atoms with Crippen LogP contribution in [0, 0.1) is 52.3 Å². The number of esters is 1. The van der Waals surface area contributed by atoms with E-state index in [1.807, 2.05) is 0 Å². The number of carbonyl (C=O) groups is 1. The number of methoxy groups -OCH3 is 1. The van der Waals surface area contributed by atoms with E-state index in [1.54, 1.807) is 29.8 Å². The molecular formula is C39H56O4. The topological polar surface area (TPSA) is 55.8 Å². The van der Waals surface area contributed by atoms with Crippen molar-refractivity contribution in [3.8, 4) is 11.5 Å². The minimum absolute atomic E-state index is 0.0579. The molecule has 1 aromatic rings. The number of benzene rings is 1. The van der Waals surface area contributed by atoms with Crippen LogP contribution in [0.25, 0.3) is 6.08 Å². The first-order valence-corrected chi connectivity index (χ1v) is 17.1. The SMILES string of the molecule is CCC(C=CC(C)C1CCC2C3CC=C4CC(OC(=O)C=Cc5ccc(O)c(OC)c5)CCC4(C)C3CCC12C)C(C)C. The Morgan fingerprint density at radius 3 is 2.58 bits per heavy atom. The molecule has 4 aliphatic carbocycles. The maximum absolute atomic E-state index is 12.7. The summed E-state index contributed by atoms with van der Waals surface area (Å²) >= 11 is 0. The first-order chi connectivity index (χ1) is 20.5. The molecule has 1 aromatic carbocycles. The van der Waals surface area contributed by atoms with Gasteiger partial charge in [0.05, 0.1) is 7.11 Å². The second-order valence-electron chi connectivity index (χ2n) is 15.1. The van der Waals surface area contributed by atoms with E-state index in [4.69, 9.17) is 9.47 Å². The molecule has 3 fully saturated rings. The predicted molar refractivity (Wildman–Crippen MR) is 176 cm³/mol. The molecule has 5 rings (SSSR count). The number of hydrogen-bond donors (Lipinski definition) is 1. The quantitative estimate of drug-likeness (QED) is 0.177. The summed E-state index contributed by atoms with van der Waals surface area (Å²) in [6, 6.07) is 5.04. The average molecular weight is 589 g/mol. The fourth-order valence-corrected chi connectivity index (χ4v) is 10.1. The fourth-order valence-electron chi connectivity index (χ4n) is 10.1. The molecule has 0 radical (unpaired) electrons. The molecule has 3 saturated carbocycles. The summed E-state index contributed by atoms with van der Waals surface area (Å²) in [7, 11) is 1.52. The van der Waals surface area contributed by atoms with Crippen LogP contribution in [0.3, 0.4) is 0 Å². The lowest BCUT2D eigenvalue weighted by molar-refractivity contribution is -0.145. The van der Waals surface area contributed by atoms with Crippen molar-refractivity contribution >= 4 is 12.0 Å². The molecular weight excluding hydrogens is 532 g/mol. The molecule has 0 heterocycles. The Kier molecular flexibility index (Phi) is 9.54. The van der Waals surface area contributed by atoms with Crippen molar-refractivity contribution in [3.05, 3.63) is 53.6 Å². The minimum atomic E-state index is -0.304. The van der Waals surface area contributed by atoms with Crippen LogP contribution in [0.4, 0.5) is 0 Å². The van der Waals surface area contributed by atoms with E-state index in [-0.39, 0.29) is 23.2 Å². The number of phenolic OH excluding ortho intramolecular Hbond substituents is 1. The number of fused-ring (bicyclic) bond motifs is 5. The third-order valence-electron chi connectivity index (χ3n) is 12.7. The van der Waals surface area contributed by atoms with E-state index in [0.717, 1.165) is 48.5 Å². The van der Waals surface area contributed by atoms with Crippen LogP contribution in [0.15, 0.2) is 48.1 Å². The number of allylic oxidation sites excluding steroid dienone is 3. The second-order valence-corrected chi connectivity index (χ2v) is 15.1. The van der Waals surface area contributed by atoms with Gasteiger partial charge in [-0.25, -0.2) is 4.79 Å². The maximum atomic E-state index is 12.7. The fraction of sp³-hybridized carbons (Fsp3) is 0.667. The highest BCUT2D eigenvalue weighted by molar-refractivity contribution is 5.87. The van der Waals surface area contributed by atoms with Gasteiger partial charge in [-0.05, 0) is 127 Å². The van der Waals surface area contributed by atoms with Gasteiger partial charge in [-0.2, -0.15) is 0 Å². The zero-order valence-corrected chi connectivity index (χ0v) is 27.8. The standard InChI is InChI=1S/C39H56O4/c1-8-28(25(2)3)12-9-26(4)32-15-16-33-31-14-13-29-24-30(19-21-38(29,5)34(31)20-22-39(32,33)6)43-37(41)18-11-27-10-17-35(40)36(23-27)42-7/h9-13,17-18,23,25-26,28,30-34,40H,8,14-16,19-22,24H2,1-7H3. The Bertz CT molecular complexity index is 1240. The Morgan fingerprint density at radius 2 is 1.86 bits per heavy atom. The molecule has 9 atom stereocenters. The number of phenols is 1. The molecule has 0 spiro atoms. The van der Waals surface area contributed by atoms with Crippen molar-refractivity contribution in [1.82, 2.24) is 0 Å². The van der Waals surface area contributed by atoms with E-state index in [9.17, 15) is 9.90 Å². The lowest BCUT2D eigenvalue weighted by Crippen LogP contribution is -2.51. The van der Waals surface area contributed by atoms with Gasteiger partial charge in [-0.15, -0.1) is 0 Å². The zero-order valence-electron chi connectivity index (χ0n) is 27.8. The highest BCUT2D eigenvalue weighted by atomic mass is 16.5. The van der Waals surface area contributed by atoms with Crippen molar-refractivity contribution in [2.24, 2.45) is 52.3 Å². The van der Waals surface area contributed by atoms with E-state index < -0.39 is 0 Å². The summed E-state index contributed by atoms with van der Waals surface area (Å²) < 4.78 is 11.1. The maximum Gasteiger partial charge on any atom is 0.331 e. The number of rotatable bonds is 9. The van der Waals surface area contributed by atoms with E-state index in [0.29, 0.717) is 28.9 Å². The molecule has 236 valence electrons. The Hall–Kier alpha value is -2.49. The number of carbonyl (C=O) groups excluding carboxylic acids is 1. The molecule has 4 heteroatoms. The molecule has 0 amide bonds. The highest BCUT2D eigenvalue weighted by Crippen LogP contribution is 2.67. The molecule has 4 aliphatic rings. The van der Waals surface area contributed by atoms with Gasteiger partial charge in [0.25, 0.3) is 0 Å². The lowest BCUT2D eigenvalue weighted by atomic mass is 9.47. The molecule has 0 aromatic heterocycles. The van der Waals surface area contributed by atoms with Crippen molar-refractivity contribution in [2.45, 2.75) is 105 Å². The Labute approximate surface area is 261 Å². The predicted octanol–water partition coefficient (Wildman–Crippen LogP) is 9.78. The van der Waals surface area contributed by atoms with Crippen LogP contribution in [-0.4, -0.2) is 24.3 Å². The Morgan fingerprint density at radius 1 is 1.07 bits per heavy atom. The van der Waals surface area contributed by atoms with Crippen molar-refractivity contribution in [2.75, 3.05) is 7.11 Å². The molecule has 1 N–H and O–H groups in total. The first-order valence-electron chi connectivity index (χ1n) is 17.1. The van der Waals surface area contributed by atoms with Crippen molar-refractivity contribution in [3.63, 3.8) is 0 Å². The highest BCUT2D eigenvalue weighted by Gasteiger charge is 2.59. The molecule has 43 heavy (non-hydrogen) atoms. The number of hydrogen-bond acceptors (Lipinski definition) is 4. The van der Waals surface area contributed by atoms with E-state index >= 15 is 0 Å². The molecule has 0 aliphatic heterocycles. The Balaban J connectivity index is 1.22. The van der Waals surface area contributed by atoms with Gasteiger partial charge >= 0.3 is 5.97 Å². The third-order valence-corrected chi connectivity index (χ3v) is 12.7. The van der Waals surface area contributed by atoms with E-state index in [1.165, 1.54) is 51.7 Å². The van der Waals surface area contributed by atoms with Crippen LogP contribution in [0.5, 0.6) is 11.5 Å². The molecule has 0 saturated heterocycles. The number of ether oxygens (including phenoxy) is 2. The smallest absolute Gasteiger partial charge is 0.331 e. The van der Waals surface area contributed by atoms with Gasteiger partial charge in [0.15, 0.2) is 11.5 Å². The largest absolute Gasteiger partial charge is 0.504 e. The van der Waals surface area contributed by atoms with E-state index in [2.05, 4.69) is 59.8 Å². The molecule has 9 unspecified atom stereocenters.